The van der Waals surface area contributed by atoms with Gasteiger partial charge in [-0.3, -0.25) is 19.7 Å². The summed E-state index contributed by atoms with van der Waals surface area (Å²) in [6.45, 7) is 4.46. The van der Waals surface area contributed by atoms with E-state index in [-0.39, 0.29) is 23.7 Å². The van der Waals surface area contributed by atoms with Gasteiger partial charge in [-0.1, -0.05) is 35.3 Å². The molecule has 3 amide bonds. The third-order valence-electron chi connectivity index (χ3n) is 7.09. The lowest BCUT2D eigenvalue weighted by atomic mass is 9.64. The van der Waals surface area contributed by atoms with E-state index in [1.165, 1.54) is 0 Å². The van der Waals surface area contributed by atoms with Crippen LogP contribution in [0.2, 0.25) is 5.02 Å². The number of nitrogens with zero attached hydrogens (tertiary/aromatic N) is 4. The molecule has 1 aromatic heterocycles. The van der Waals surface area contributed by atoms with Gasteiger partial charge in [-0.15, -0.1) is 5.10 Å². The van der Waals surface area contributed by atoms with E-state index in [1.807, 2.05) is 29.2 Å². The van der Waals surface area contributed by atoms with Gasteiger partial charge >= 0.3 is 17.8 Å². The molecule has 11 heteroatoms. The molecule has 5 rings (SSSR count). The zero-order valence-electron chi connectivity index (χ0n) is 20.4. The lowest BCUT2D eigenvalue weighted by Gasteiger charge is -2.40. The summed E-state index contributed by atoms with van der Waals surface area (Å²) in [5, 5.41) is 13.6. The van der Waals surface area contributed by atoms with Gasteiger partial charge in [0.2, 0.25) is 11.8 Å². The normalized spacial score (nSPS) is 16.6. The van der Waals surface area contributed by atoms with Gasteiger partial charge in [0.25, 0.3) is 0 Å². The molecule has 0 spiro atoms. The van der Waals surface area contributed by atoms with Crippen LogP contribution >= 0.6 is 11.6 Å². The highest BCUT2D eigenvalue weighted by Gasteiger charge is 2.46. The van der Waals surface area contributed by atoms with Gasteiger partial charge in [0.15, 0.2) is 0 Å². The summed E-state index contributed by atoms with van der Waals surface area (Å²) in [4.78, 5) is 41.3. The van der Waals surface area contributed by atoms with Crippen LogP contribution < -0.4 is 15.5 Å². The van der Waals surface area contributed by atoms with E-state index in [1.54, 1.807) is 31.2 Å². The van der Waals surface area contributed by atoms with E-state index in [0.717, 1.165) is 30.8 Å². The molecule has 0 radical (unpaired) electrons. The Morgan fingerprint density at radius 2 is 1.59 bits per heavy atom. The second-order valence-corrected chi connectivity index (χ2v) is 9.74. The van der Waals surface area contributed by atoms with Crippen molar-refractivity contribution >= 4 is 46.7 Å². The van der Waals surface area contributed by atoms with Crippen LogP contribution in [0.5, 0.6) is 0 Å². The number of halogens is 1. The predicted octanol–water partition coefficient (Wildman–Crippen LogP) is 3.70. The van der Waals surface area contributed by atoms with E-state index in [9.17, 15) is 14.4 Å². The van der Waals surface area contributed by atoms with Crippen molar-refractivity contribution in [3.8, 4) is 0 Å². The van der Waals surface area contributed by atoms with Crippen molar-refractivity contribution in [3.05, 3.63) is 65.0 Å². The Balaban J connectivity index is 1.18. The Hall–Kier alpha value is -3.92. The quantitative estimate of drug-likeness (QED) is 0.506. The van der Waals surface area contributed by atoms with Crippen LogP contribution in [0.1, 0.15) is 42.4 Å². The van der Waals surface area contributed by atoms with Crippen LogP contribution in [0.15, 0.2) is 52.9 Å². The highest BCUT2D eigenvalue weighted by molar-refractivity contribution is 6.30. The molecule has 1 aliphatic carbocycles. The maximum atomic E-state index is 13.1. The fourth-order valence-electron chi connectivity index (χ4n) is 4.75. The third kappa shape index (κ3) is 5.15. The Kier molecular flexibility index (Phi) is 6.84. The number of nitrogens with one attached hydrogen (secondary N) is 2. The van der Waals surface area contributed by atoms with Crippen LogP contribution in [0, 0.1) is 0 Å². The minimum atomic E-state index is -0.679. The lowest BCUT2D eigenvalue weighted by molar-refractivity contribution is -0.129. The minimum absolute atomic E-state index is 0.0885. The number of carbonyl (C=O) groups is 3. The van der Waals surface area contributed by atoms with Crippen LogP contribution in [-0.4, -0.2) is 59.0 Å². The molecule has 2 N–H and O–H groups in total. The summed E-state index contributed by atoms with van der Waals surface area (Å²) >= 11 is 5.99. The minimum Gasteiger partial charge on any atom is -0.399 e. The van der Waals surface area contributed by atoms with Crippen molar-refractivity contribution in [1.82, 2.24) is 15.1 Å². The van der Waals surface area contributed by atoms with Gasteiger partial charge < -0.3 is 19.5 Å². The van der Waals surface area contributed by atoms with Crippen LogP contribution in [0.25, 0.3) is 0 Å². The van der Waals surface area contributed by atoms with Crippen molar-refractivity contribution in [3.63, 3.8) is 0 Å². The average molecular weight is 523 g/mol. The fourth-order valence-corrected chi connectivity index (χ4v) is 4.87. The molecule has 1 aliphatic heterocycles. The smallest absolute Gasteiger partial charge is 0.322 e. The van der Waals surface area contributed by atoms with Gasteiger partial charge in [0, 0.05) is 49.5 Å². The van der Waals surface area contributed by atoms with E-state index < -0.39 is 11.3 Å². The van der Waals surface area contributed by atoms with Crippen molar-refractivity contribution < 1.29 is 18.8 Å². The molecule has 10 nitrogen and oxygen atoms in total. The van der Waals surface area contributed by atoms with Crippen molar-refractivity contribution in [2.45, 2.75) is 31.6 Å². The predicted molar refractivity (Wildman–Crippen MR) is 139 cm³/mol. The number of hydrogen-bond acceptors (Lipinski definition) is 7. The Bertz CT molecular complexity index is 1300. The van der Waals surface area contributed by atoms with Crippen LogP contribution in [-0.2, 0) is 15.0 Å². The zero-order valence-corrected chi connectivity index (χ0v) is 21.1. The zero-order chi connectivity index (χ0) is 26.0. The molecule has 2 aliphatic rings. The molecule has 37 heavy (non-hydrogen) atoms. The number of aromatic nitrogens is 2. The summed E-state index contributed by atoms with van der Waals surface area (Å²) in [5.41, 5.74) is 1.77. The number of anilines is 3. The van der Waals surface area contributed by atoms with Crippen molar-refractivity contribution in [1.29, 1.82) is 0 Å². The molecule has 2 aromatic carbocycles. The first-order valence-corrected chi connectivity index (χ1v) is 12.5. The summed E-state index contributed by atoms with van der Waals surface area (Å²) in [6, 6.07) is 14.5. The lowest BCUT2D eigenvalue weighted by Crippen LogP contribution is -2.48. The molecular weight excluding hydrogens is 496 g/mol. The van der Waals surface area contributed by atoms with Crippen molar-refractivity contribution in [2.75, 3.05) is 41.7 Å². The molecule has 2 fully saturated rings. The number of hydrogen-bond donors (Lipinski definition) is 2. The number of benzene rings is 2. The van der Waals surface area contributed by atoms with Gasteiger partial charge in [-0.2, -0.15) is 0 Å². The average Bonchev–Trinajstić information content (AvgIpc) is 3.34. The summed E-state index contributed by atoms with van der Waals surface area (Å²) in [5.74, 6) is -0.997. The maximum Gasteiger partial charge on any atom is 0.322 e. The Morgan fingerprint density at radius 3 is 2.19 bits per heavy atom. The van der Waals surface area contributed by atoms with Gasteiger partial charge in [-0.25, -0.2) is 0 Å². The number of carbonyl (C=O) groups excluding carboxylic acids is 3. The summed E-state index contributed by atoms with van der Waals surface area (Å²) in [6.07, 6.45) is 2.33. The Morgan fingerprint density at radius 1 is 0.919 bits per heavy atom. The highest BCUT2D eigenvalue weighted by Crippen LogP contribution is 2.44. The molecule has 1 saturated heterocycles. The molecular formula is C26H27ClN6O4. The first-order chi connectivity index (χ1) is 17.8. The third-order valence-corrected chi connectivity index (χ3v) is 7.35. The van der Waals surface area contributed by atoms with Gasteiger partial charge in [0.05, 0.1) is 5.41 Å². The van der Waals surface area contributed by atoms with Gasteiger partial charge in [-0.05, 0) is 54.8 Å². The molecule has 1 saturated carbocycles. The van der Waals surface area contributed by atoms with Crippen molar-refractivity contribution in [2.24, 2.45) is 0 Å². The standard InChI is InChI=1S/C26H27ClN6O4/c1-17(34)32-13-15-33(16-14-32)21-9-7-20(8-10-21)28-22(35)23-30-31-25(37-23)29-24(36)26(11-2-12-26)18-3-5-19(27)6-4-18/h3-10H,2,11-16H2,1H3,(H,28,35)(H,29,31,36). The Labute approximate surface area is 219 Å². The number of amides is 3. The highest BCUT2D eigenvalue weighted by atomic mass is 35.5. The van der Waals surface area contributed by atoms with E-state index in [4.69, 9.17) is 16.0 Å². The molecule has 192 valence electrons. The molecule has 0 bridgehead atoms. The number of piperazine rings is 1. The second kappa shape index (κ2) is 10.2. The maximum absolute atomic E-state index is 13.1. The first kappa shape index (κ1) is 24.8. The monoisotopic (exact) mass is 522 g/mol. The second-order valence-electron chi connectivity index (χ2n) is 9.30. The summed E-state index contributed by atoms with van der Waals surface area (Å²) < 4.78 is 5.43. The van der Waals surface area contributed by atoms with E-state index in [0.29, 0.717) is 36.6 Å². The summed E-state index contributed by atoms with van der Waals surface area (Å²) in [7, 11) is 0. The fraction of sp³-hybridized carbons (Fsp3) is 0.346. The SMILES string of the molecule is CC(=O)N1CCN(c2ccc(NC(=O)c3nnc(NC(=O)C4(c5ccc(Cl)cc5)CCC4)o3)cc2)CC1. The van der Waals surface area contributed by atoms with Crippen LogP contribution in [0.3, 0.4) is 0 Å². The van der Waals surface area contributed by atoms with E-state index >= 15 is 0 Å². The van der Waals surface area contributed by atoms with Gasteiger partial charge in [0.1, 0.15) is 0 Å². The van der Waals surface area contributed by atoms with E-state index in [2.05, 4.69) is 25.7 Å². The molecule has 2 heterocycles. The molecule has 0 unspecified atom stereocenters. The first-order valence-electron chi connectivity index (χ1n) is 12.2. The largest absolute Gasteiger partial charge is 0.399 e. The topological polar surface area (TPSA) is 121 Å². The molecule has 3 aromatic rings. The van der Waals surface area contributed by atoms with Crippen LogP contribution in [0.4, 0.5) is 17.4 Å². The molecule has 0 atom stereocenters. The number of rotatable bonds is 6.